The molecule has 1 amide bonds. The van der Waals surface area contributed by atoms with Gasteiger partial charge in [-0.3, -0.25) is 4.79 Å². The number of anilines is 2. The van der Waals surface area contributed by atoms with Gasteiger partial charge in [0.05, 0.1) is 11.9 Å². The Morgan fingerprint density at radius 3 is 2.65 bits per heavy atom. The number of benzene rings is 2. The first kappa shape index (κ1) is 20.0. The summed E-state index contributed by atoms with van der Waals surface area (Å²) in [5.74, 6) is 0.0472. The second kappa shape index (κ2) is 8.32. The summed E-state index contributed by atoms with van der Waals surface area (Å²) in [4.78, 5) is 20.5. The number of nitrogens with one attached hydrogen (secondary N) is 1. The first-order valence-corrected chi connectivity index (χ1v) is 11.5. The number of fused-ring (bicyclic) bond motifs is 1. The van der Waals surface area contributed by atoms with Crippen molar-refractivity contribution in [2.24, 2.45) is 5.92 Å². The average molecular weight is 452 g/mol. The van der Waals surface area contributed by atoms with Gasteiger partial charge < -0.3 is 10.2 Å². The van der Waals surface area contributed by atoms with Gasteiger partial charge in [-0.05, 0) is 38.0 Å². The molecule has 158 valence electrons. The summed E-state index contributed by atoms with van der Waals surface area (Å²) in [7, 11) is 0. The average Bonchev–Trinajstić information content (AvgIpc) is 3.34. The predicted octanol–water partition coefficient (Wildman–Crippen LogP) is 5.27. The number of aromatic nitrogens is 3. The van der Waals surface area contributed by atoms with Crippen LogP contribution in [0.4, 0.5) is 10.8 Å². The highest BCUT2D eigenvalue weighted by Gasteiger charge is 2.27. The van der Waals surface area contributed by atoms with Gasteiger partial charge in [0, 0.05) is 35.3 Å². The summed E-state index contributed by atoms with van der Waals surface area (Å²) in [6, 6.07) is 15.6. The Hall–Kier alpha value is -2.90. The van der Waals surface area contributed by atoms with Crippen LogP contribution in [-0.4, -0.2) is 33.6 Å². The molecule has 3 heterocycles. The highest BCUT2D eigenvalue weighted by atomic mass is 35.5. The Balaban J connectivity index is 1.22. The molecule has 0 atom stereocenters. The molecule has 1 N–H and O–H groups in total. The molecular formula is C23H22ClN5OS. The minimum absolute atomic E-state index is 0.00702. The number of nitrogens with zero attached hydrogens (tertiary/aromatic N) is 4. The molecule has 4 aromatic rings. The third-order valence-corrected chi connectivity index (χ3v) is 6.83. The summed E-state index contributed by atoms with van der Waals surface area (Å²) in [5, 5.41) is 9.28. The predicted molar refractivity (Wildman–Crippen MR) is 126 cm³/mol. The SMILES string of the molecule is Cc1ccc(-c2cn3nc(N4CCC(C(=O)Nc5cccc(Cl)c5)CC4)sc3n2)cc1. The fourth-order valence-corrected chi connectivity index (χ4v) is 4.95. The van der Waals surface area contributed by atoms with Crippen LogP contribution in [0.5, 0.6) is 0 Å². The van der Waals surface area contributed by atoms with Crippen LogP contribution in [0.25, 0.3) is 16.2 Å². The van der Waals surface area contributed by atoms with Gasteiger partial charge >= 0.3 is 0 Å². The summed E-state index contributed by atoms with van der Waals surface area (Å²) < 4.78 is 1.85. The van der Waals surface area contributed by atoms with Crippen molar-refractivity contribution in [3.8, 4) is 11.3 Å². The normalized spacial score (nSPS) is 14.8. The Morgan fingerprint density at radius 1 is 1.16 bits per heavy atom. The maximum atomic E-state index is 12.6. The lowest BCUT2D eigenvalue weighted by molar-refractivity contribution is -0.120. The first-order chi connectivity index (χ1) is 15.0. The molecule has 2 aromatic heterocycles. The van der Waals surface area contributed by atoms with E-state index in [2.05, 4.69) is 41.4 Å². The van der Waals surface area contributed by atoms with E-state index in [1.807, 2.05) is 22.8 Å². The number of imidazole rings is 1. The molecule has 0 bridgehead atoms. The fourth-order valence-electron chi connectivity index (χ4n) is 3.82. The van der Waals surface area contributed by atoms with Crippen LogP contribution in [0.1, 0.15) is 18.4 Å². The van der Waals surface area contributed by atoms with Crippen LogP contribution in [0.15, 0.2) is 54.7 Å². The van der Waals surface area contributed by atoms with Gasteiger partial charge in [0.1, 0.15) is 0 Å². The molecule has 1 aliphatic heterocycles. The first-order valence-electron chi connectivity index (χ1n) is 10.3. The zero-order valence-electron chi connectivity index (χ0n) is 17.1. The van der Waals surface area contributed by atoms with Gasteiger partial charge in [-0.15, -0.1) is 5.10 Å². The van der Waals surface area contributed by atoms with E-state index < -0.39 is 0 Å². The summed E-state index contributed by atoms with van der Waals surface area (Å²) >= 11 is 7.59. The molecular weight excluding hydrogens is 430 g/mol. The Bertz CT molecular complexity index is 1190. The van der Waals surface area contributed by atoms with E-state index in [4.69, 9.17) is 21.7 Å². The van der Waals surface area contributed by atoms with E-state index in [1.54, 1.807) is 23.5 Å². The van der Waals surface area contributed by atoms with Crippen molar-refractivity contribution in [2.45, 2.75) is 19.8 Å². The Labute approximate surface area is 189 Å². The lowest BCUT2D eigenvalue weighted by Crippen LogP contribution is -2.38. The van der Waals surface area contributed by atoms with Crippen molar-refractivity contribution in [3.05, 3.63) is 65.3 Å². The molecule has 0 aliphatic carbocycles. The molecule has 8 heteroatoms. The van der Waals surface area contributed by atoms with Gasteiger partial charge in [0.25, 0.3) is 0 Å². The zero-order valence-corrected chi connectivity index (χ0v) is 18.7. The van der Waals surface area contributed by atoms with Gasteiger partial charge in [-0.2, -0.15) is 0 Å². The second-order valence-electron chi connectivity index (χ2n) is 7.86. The van der Waals surface area contributed by atoms with Gasteiger partial charge in [0.15, 0.2) is 0 Å². The number of amides is 1. The van der Waals surface area contributed by atoms with E-state index in [1.165, 1.54) is 5.56 Å². The van der Waals surface area contributed by atoms with Gasteiger partial charge in [-0.1, -0.05) is 58.8 Å². The number of hydrogen-bond donors (Lipinski definition) is 1. The molecule has 6 nitrogen and oxygen atoms in total. The number of hydrogen-bond acceptors (Lipinski definition) is 5. The molecule has 5 rings (SSSR count). The molecule has 1 aliphatic rings. The molecule has 31 heavy (non-hydrogen) atoms. The maximum Gasteiger partial charge on any atom is 0.227 e. The monoisotopic (exact) mass is 451 g/mol. The third kappa shape index (κ3) is 4.29. The zero-order chi connectivity index (χ0) is 21.4. The minimum atomic E-state index is -0.00702. The van der Waals surface area contributed by atoms with Crippen molar-refractivity contribution >= 4 is 44.6 Å². The number of halogens is 1. The maximum absolute atomic E-state index is 12.6. The van der Waals surface area contributed by atoms with Crippen molar-refractivity contribution in [3.63, 3.8) is 0 Å². The number of carbonyl (C=O) groups is 1. The van der Waals surface area contributed by atoms with Crippen LogP contribution in [-0.2, 0) is 4.79 Å². The number of rotatable bonds is 4. The highest BCUT2D eigenvalue weighted by molar-refractivity contribution is 7.20. The van der Waals surface area contributed by atoms with Crippen LogP contribution in [0.2, 0.25) is 5.02 Å². The van der Waals surface area contributed by atoms with E-state index in [0.717, 1.165) is 53.0 Å². The summed E-state index contributed by atoms with van der Waals surface area (Å²) in [6.07, 6.45) is 3.57. The third-order valence-electron chi connectivity index (χ3n) is 5.61. The van der Waals surface area contributed by atoms with Crippen molar-refractivity contribution < 1.29 is 4.79 Å². The fraction of sp³-hybridized carbons (Fsp3) is 0.261. The smallest absolute Gasteiger partial charge is 0.227 e. The van der Waals surface area contributed by atoms with Gasteiger partial charge in [-0.25, -0.2) is 9.50 Å². The molecule has 0 radical (unpaired) electrons. The molecule has 2 aromatic carbocycles. The van der Waals surface area contributed by atoms with Crippen molar-refractivity contribution in [1.29, 1.82) is 0 Å². The lowest BCUT2D eigenvalue weighted by Gasteiger charge is -2.30. The summed E-state index contributed by atoms with van der Waals surface area (Å²) in [6.45, 7) is 3.68. The van der Waals surface area contributed by atoms with Crippen LogP contribution in [0, 0.1) is 12.8 Å². The second-order valence-corrected chi connectivity index (χ2v) is 9.24. The Morgan fingerprint density at radius 2 is 1.94 bits per heavy atom. The topological polar surface area (TPSA) is 62.5 Å². The van der Waals surface area contributed by atoms with Crippen molar-refractivity contribution in [2.75, 3.05) is 23.3 Å². The summed E-state index contributed by atoms with van der Waals surface area (Å²) in [5.41, 5.74) is 4.00. The number of carbonyl (C=O) groups excluding carboxylic acids is 1. The molecule has 0 spiro atoms. The van der Waals surface area contributed by atoms with E-state index in [9.17, 15) is 4.79 Å². The molecule has 0 unspecified atom stereocenters. The molecule has 1 saturated heterocycles. The standard InChI is InChI=1S/C23H22ClN5OS/c1-15-5-7-16(8-6-15)20-14-29-22(26-20)31-23(27-29)28-11-9-17(10-12-28)21(30)25-19-4-2-3-18(24)13-19/h2-8,13-14,17H,9-12H2,1H3,(H,25,30). The van der Waals surface area contributed by atoms with Crippen LogP contribution < -0.4 is 10.2 Å². The van der Waals surface area contributed by atoms with Crippen LogP contribution >= 0.6 is 22.9 Å². The quantitative estimate of drug-likeness (QED) is 0.458. The minimum Gasteiger partial charge on any atom is -0.347 e. The lowest BCUT2D eigenvalue weighted by atomic mass is 9.96. The van der Waals surface area contributed by atoms with Gasteiger partial charge in [0.2, 0.25) is 16.0 Å². The van der Waals surface area contributed by atoms with E-state index in [0.29, 0.717) is 5.02 Å². The van der Waals surface area contributed by atoms with E-state index >= 15 is 0 Å². The van der Waals surface area contributed by atoms with Crippen molar-refractivity contribution in [1.82, 2.24) is 14.6 Å². The molecule has 1 fully saturated rings. The largest absolute Gasteiger partial charge is 0.347 e. The molecule has 0 saturated carbocycles. The Kier molecular flexibility index (Phi) is 5.38. The highest BCUT2D eigenvalue weighted by Crippen LogP contribution is 2.30. The van der Waals surface area contributed by atoms with E-state index in [-0.39, 0.29) is 11.8 Å². The number of piperidine rings is 1. The van der Waals surface area contributed by atoms with Crippen LogP contribution in [0.3, 0.4) is 0 Å². The number of aryl methyl sites for hydroxylation is 1.